The van der Waals surface area contributed by atoms with Crippen molar-refractivity contribution in [1.29, 1.82) is 0 Å². The second-order valence-electron chi connectivity index (χ2n) is 2.71. The van der Waals surface area contributed by atoms with E-state index in [9.17, 15) is 0 Å². The van der Waals surface area contributed by atoms with Gasteiger partial charge in [0.25, 0.3) is 0 Å². The Bertz CT molecular complexity index is 109. The third kappa shape index (κ3) is 9.23. The van der Waals surface area contributed by atoms with Crippen LogP contribution >= 0.6 is 0 Å². The van der Waals surface area contributed by atoms with Crippen molar-refractivity contribution in [1.82, 2.24) is 0 Å². The highest BCUT2D eigenvalue weighted by molar-refractivity contribution is 5.53. The van der Waals surface area contributed by atoms with Gasteiger partial charge < -0.3 is 15.9 Å². The highest BCUT2D eigenvalue weighted by atomic mass is 16.6. The molecule has 0 spiro atoms. The van der Waals surface area contributed by atoms with Crippen molar-refractivity contribution in [3.8, 4) is 0 Å². The summed E-state index contributed by atoms with van der Waals surface area (Å²) < 4.78 is 0. The molecule has 0 aliphatic rings. The Morgan fingerprint density at radius 1 is 1.17 bits per heavy atom. The van der Waals surface area contributed by atoms with Crippen LogP contribution in [0.25, 0.3) is 0 Å². The van der Waals surface area contributed by atoms with Gasteiger partial charge in [-0.2, -0.15) is 0 Å². The van der Waals surface area contributed by atoms with E-state index in [1.807, 2.05) is 0 Å². The van der Waals surface area contributed by atoms with Crippen molar-refractivity contribution in [2.45, 2.75) is 45.6 Å². The lowest BCUT2D eigenvalue weighted by Crippen LogP contribution is -2.37. The first kappa shape index (κ1) is 13.8. The van der Waals surface area contributed by atoms with Crippen LogP contribution in [-0.4, -0.2) is 21.9 Å². The highest BCUT2D eigenvalue weighted by Gasteiger charge is 2.15. The van der Waals surface area contributed by atoms with E-state index in [0.29, 0.717) is 0 Å². The van der Waals surface area contributed by atoms with E-state index in [2.05, 4.69) is 20.8 Å². The third-order valence-corrected chi connectivity index (χ3v) is 2.11. The third-order valence-electron chi connectivity index (χ3n) is 2.11. The van der Waals surface area contributed by atoms with Crippen LogP contribution < -0.4 is 5.73 Å². The van der Waals surface area contributed by atoms with Crippen molar-refractivity contribution in [2.24, 2.45) is 5.73 Å². The summed E-state index contributed by atoms with van der Waals surface area (Å²) in [6.07, 6.45) is 1.46. The summed E-state index contributed by atoms with van der Waals surface area (Å²) in [7, 11) is 0. The lowest BCUT2D eigenvalue weighted by molar-refractivity contribution is 0.137. The summed E-state index contributed by atoms with van der Waals surface area (Å²) >= 11 is 0. The molecular formula is C8H19NO3. The molecule has 0 radical (unpaired) electrons. The van der Waals surface area contributed by atoms with Crippen LogP contribution in [0.5, 0.6) is 0 Å². The number of carbonyl (C=O) groups is 1. The van der Waals surface area contributed by atoms with Crippen LogP contribution in [0.3, 0.4) is 0 Å². The van der Waals surface area contributed by atoms with Crippen LogP contribution in [0.4, 0.5) is 4.79 Å². The Hall–Kier alpha value is -0.770. The van der Waals surface area contributed by atoms with Crippen molar-refractivity contribution < 1.29 is 15.0 Å². The number of nitrogens with two attached hydrogens (primary N) is 1. The second-order valence-corrected chi connectivity index (χ2v) is 2.71. The molecule has 0 atom stereocenters. The summed E-state index contributed by atoms with van der Waals surface area (Å²) in [5, 5.41) is 13.9. The molecule has 0 rings (SSSR count). The molecule has 0 unspecified atom stereocenters. The van der Waals surface area contributed by atoms with Gasteiger partial charge in [0.1, 0.15) is 0 Å². The Kier molecular flexibility index (Phi) is 7.94. The van der Waals surface area contributed by atoms with E-state index in [-0.39, 0.29) is 5.54 Å². The topological polar surface area (TPSA) is 83.6 Å². The van der Waals surface area contributed by atoms with Gasteiger partial charge in [-0.05, 0) is 19.3 Å². The average molecular weight is 177 g/mol. The van der Waals surface area contributed by atoms with Crippen molar-refractivity contribution >= 4 is 6.16 Å². The van der Waals surface area contributed by atoms with Crippen LogP contribution in [-0.2, 0) is 0 Å². The minimum Gasteiger partial charge on any atom is -0.450 e. The Morgan fingerprint density at radius 2 is 1.33 bits per heavy atom. The summed E-state index contributed by atoms with van der Waals surface area (Å²) in [5.41, 5.74) is 6.02. The molecule has 12 heavy (non-hydrogen) atoms. The molecule has 74 valence electrons. The lowest BCUT2D eigenvalue weighted by atomic mass is 9.92. The maximum absolute atomic E-state index is 8.56. The van der Waals surface area contributed by atoms with Gasteiger partial charge in [0, 0.05) is 5.54 Å². The Balaban J connectivity index is 0. The van der Waals surface area contributed by atoms with Gasteiger partial charge in [0.2, 0.25) is 0 Å². The average Bonchev–Trinajstić information content (AvgIpc) is 2.02. The molecule has 4 N–H and O–H groups in total. The predicted octanol–water partition coefficient (Wildman–Crippen LogP) is 2.14. The number of hydrogen-bond donors (Lipinski definition) is 3. The Labute approximate surface area is 73.4 Å². The zero-order chi connectivity index (χ0) is 10.2. The monoisotopic (exact) mass is 177 g/mol. The van der Waals surface area contributed by atoms with E-state index < -0.39 is 6.16 Å². The first-order valence-corrected chi connectivity index (χ1v) is 4.12. The quantitative estimate of drug-likeness (QED) is 0.616. The molecule has 0 aromatic rings. The van der Waals surface area contributed by atoms with Gasteiger partial charge in [-0.15, -0.1) is 0 Å². The molecule has 4 nitrogen and oxygen atoms in total. The summed E-state index contributed by atoms with van der Waals surface area (Å²) in [6.45, 7) is 6.44. The van der Waals surface area contributed by atoms with Gasteiger partial charge in [0.05, 0.1) is 0 Å². The van der Waals surface area contributed by atoms with Crippen molar-refractivity contribution in [2.75, 3.05) is 0 Å². The molecule has 4 heteroatoms. The normalized spacial score (nSPS) is 10.0. The fourth-order valence-electron chi connectivity index (χ4n) is 0.750. The van der Waals surface area contributed by atoms with Gasteiger partial charge in [0.15, 0.2) is 0 Å². The van der Waals surface area contributed by atoms with E-state index in [1.165, 1.54) is 0 Å². The van der Waals surface area contributed by atoms with E-state index in [1.54, 1.807) is 0 Å². The van der Waals surface area contributed by atoms with Gasteiger partial charge in [-0.3, -0.25) is 0 Å². The molecule has 0 saturated heterocycles. The molecule has 0 saturated carbocycles. The first-order valence-electron chi connectivity index (χ1n) is 4.12. The summed E-state index contributed by atoms with van der Waals surface area (Å²) in [6, 6.07) is 0. The van der Waals surface area contributed by atoms with Gasteiger partial charge in [-0.1, -0.05) is 20.8 Å². The minimum atomic E-state index is -1.83. The largest absolute Gasteiger partial charge is 0.503 e. The van der Waals surface area contributed by atoms with E-state index in [0.717, 1.165) is 19.3 Å². The lowest BCUT2D eigenvalue weighted by Gasteiger charge is -2.23. The summed E-state index contributed by atoms with van der Waals surface area (Å²) in [4.78, 5) is 8.56. The molecule has 0 aromatic heterocycles. The maximum Gasteiger partial charge on any atom is 0.503 e. The van der Waals surface area contributed by atoms with Gasteiger partial charge >= 0.3 is 6.16 Å². The van der Waals surface area contributed by atoms with Crippen LogP contribution in [0.15, 0.2) is 0 Å². The summed E-state index contributed by atoms with van der Waals surface area (Å²) in [5.74, 6) is 0. The van der Waals surface area contributed by atoms with Crippen molar-refractivity contribution in [3.63, 3.8) is 0 Å². The molecule has 0 aliphatic carbocycles. The number of hydrogen-bond acceptors (Lipinski definition) is 2. The molecule has 0 fully saturated rings. The SMILES string of the molecule is CCC(N)(CC)CC.O=C(O)O. The first-order chi connectivity index (χ1) is 5.41. The molecule has 0 amide bonds. The molecule has 0 heterocycles. The molecule has 0 aromatic carbocycles. The standard InChI is InChI=1S/C7H17N.CH2O3/c1-4-7(8,5-2)6-3;2-1(3)4/h4-6,8H2,1-3H3;(H2,2,3,4). The minimum absolute atomic E-state index is 0.125. The van der Waals surface area contributed by atoms with Crippen LogP contribution in [0.1, 0.15) is 40.0 Å². The van der Waals surface area contributed by atoms with Gasteiger partial charge in [-0.25, -0.2) is 4.79 Å². The Morgan fingerprint density at radius 3 is 1.33 bits per heavy atom. The second kappa shape index (κ2) is 6.91. The molecule has 0 aliphatic heterocycles. The number of rotatable bonds is 3. The fraction of sp³-hybridized carbons (Fsp3) is 0.875. The van der Waals surface area contributed by atoms with E-state index >= 15 is 0 Å². The maximum atomic E-state index is 8.56. The van der Waals surface area contributed by atoms with E-state index in [4.69, 9.17) is 20.7 Å². The fourth-order valence-corrected chi connectivity index (χ4v) is 0.750. The highest BCUT2D eigenvalue weighted by Crippen LogP contribution is 2.14. The molecular weight excluding hydrogens is 158 g/mol. The number of carboxylic acid groups (broad SMARTS) is 2. The zero-order valence-electron chi connectivity index (χ0n) is 8.00. The predicted molar refractivity (Wildman–Crippen MR) is 48.4 cm³/mol. The van der Waals surface area contributed by atoms with Crippen LogP contribution in [0.2, 0.25) is 0 Å². The molecule has 0 bridgehead atoms. The zero-order valence-corrected chi connectivity index (χ0v) is 8.00. The van der Waals surface area contributed by atoms with Crippen LogP contribution in [0, 0.1) is 0 Å². The smallest absolute Gasteiger partial charge is 0.450 e. The van der Waals surface area contributed by atoms with Crippen molar-refractivity contribution in [3.05, 3.63) is 0 Å².